The molecular weight excluding hydrogens is 396 g/mol. The average molecular weight is 424 g/mol. The van der Waals surface area contributed by atoms with Crippen molar-refractivity contribution in [2.75, 3.05) is 11.9 Å². The molecule has 1 fully saturated rings. The van der Waals surface area contributed by atoms with Crippen molar-refractivity contribution in [1.82, 2.24) is 5.32 Å². The Morgan fingerprint density at radius 2 is 1.74 bits per heavy atom. The predicted octanol–water partition coefficient (Wildman–Crippen LogP) is 4.67. The molecule has 3 rings (SSSR count). The highest BCUT2D eigenvalue weighted by molar-refractivity contribution is 6.04. The van der Waals surface area contributed by atoms with Gasteiger partial charge in [-0.15, -0.1) is 0 Å². The molecule has 2 amide bonds. The average Bonchev–Trinajstić information content (AvgIpc) is 2.79. The molecule has 1 saturated carbocycles. The molecule has 2 aromatic carbocycles. The summed E-state index contributed by atoms with van der Waals surface area (Å²) >= 11 is 0. The van der Waals surface area contributed by atoms with Gasteiger partial charge < -0.3 is 20.1 Å². The zero-order valence-electron chi connectivity index (χ0n) is 17.7. The molecular formula is C24H28N2O5. The highest BCUT2D eigenvalue weighted by Crippen LogP contribution is 2.24. The van der Waals surface area contributed by atoms with E-state index in [1.165, 1.54) is 18.6 Å². The summed E-state index contributed by atoms with van der Waals surface area (Å²) in [6, 6.07) is 13.6. The number of nitrogens with one attached hydrogen (secondary N) is 2. The zero-order valence-corrected chi connectivity index (χ0v) is 17.7. The summed E-state index contributed by atoms with van der Waals surface area (Å²) in [6.45, 7) is 2.34. The predicted molar refractivity (Wildman–Crippen MR) is 117 cm³/mol. The topological polar surface area (TPSA) is 93.7 Å². The van der Waals surface area contributed by atoms with Crippen LogP contribution in [0.1, 0.15) is 54.9 Å². The number of benzene rings is 2. The molecule has 0 heterocycles. The second kappa shape index (κ2) is 11.2. The molecule has 1 aliphatic carbocycles. The van der Waals surface area contributed by atoms with E-state index in [1.807, 2.05) is 18.2 Å². The van der Waals surface area contributed by atoms with Crippen LogP contribution in [0.4, 0.5) is 10.5 Å². The van der Waals surface area contributed by atoms with Crippen LogP contribution in [0.5, 0.6) is 5.75 Å². The normalized spacial score (nSPS) is 13.8. The molecule has 7 nitrogen and oxygen atoms in total. The first kappa shape index (κ1) is 22.3. The van der Waals surface area contributed by atoms with Gasteiger partial charge in [0.1, 0.15) is 5.75 Å². The minimum atomic E-state index is -0.785. The number of hydrogen-bond donors (Lipinski definition) is 2. The fourth-order valence-electron chi connectivity index (χ4n) is 3.58. The van der Waals surface area contributed by atoms with Crippen LogP contribution in [0.25, 0.3) is 0 Å². The van der Waals surface area contributed by atoms with Gasteiger partial charge in [-0.1, -0.05) is 31.4 Å². The van der Waals surface area contributed by atoms with Gasteiger partial charge in [0.05, 0.1) is 6.61 Å². The maximum atomic E-state index is 12.5. The van der Waals surface area contributed by atoms with E-state index in [0.29, 0.717) is 23.5 Å². The molecule has 0 bridgehead atoms. The van der Waals surface area contributed by atoms with Gasteiger partial charge in [0.25, 0.3) is 5.91 Å². The van der Waals surface area contributed by atoms with Crippen LogP contribution >= 0.6 is 0 Å². The summed E-state index contributed by atoms with van der Waals surface area (Å²) in [7, 11) is 0. The fourth-order valence-corrected chi connectivity index (χ4v) is 3.58. The quantitative estimate of drug-likeness (QED) is 0.498. The van der Waals surface area contributed by atoms with Gasteiger partial charge >= 0.3 is 6.16 Å². The molecule has 7 heteroatoms. The number of ether oxygens (including phenoxy) is 2. The van der Waals surface area contributed by atoms with Gasteiger partial charge in [0.15, 0.2) is 0 Å². The van der Waals surface area contributed by atoms with E-state index in [2.05, 4.69) is 10.6 Å². The van der Waals surface area contributed by atoms with Gasteiger partial charge in [-0.3, -0.25) is 9.59 Å². The first-order valence-corrected chi connectivity index (χ1v) is 10.7. The van der Waals surface area contributed by atoms with Crippen molar-refractivity contribution >= 4 is 23.7 Å². The van der Waals surface area contributed by atoms with Crippen LogP contribution in [0, 0.1) is 5.92 Å². The Labute approximate surface area is 182 Å². The zero-order chi connectivity index (χ0) is 22.1. The molecule has 0 radical (unpaired) electrons. The molecule has 0 saturated heterocycles. The summed E-state index contributed by atoms with van der Waals surface area (Å²) in [6.07, 6.45) is 4.60. The molecule has 0 aliphatic heterocycles. The van der Waals surface area contributed by atoms with Crippen molar-refractivity contribution in [1.29, 1.82) is 0 Å². The molecule has 1 aliphatic rings. The lowest BCUT2D eigenvalue weighted by Gasteiger charge is -2.20. The maximum absolute atomic E-state index is 12.5. The Kier molecular flexibility index (Phi) is 8.04. The molecule has 0 spiro atoms. The monoisotopic (exact) mass is 424 g/mol. The molecule has 0 aromatic heterocycles. The van der Waals surface area contributed by atoms with E-state index in [1.54, 1.807) is 25.1 Å². The van der Waals surface area contributed by atoms with E-state index >= 15 is 0 Å². The van der Waals surface area contributed by atoms with Crippen LogP contribution in [0.15, 0.2) is 48.5 Å². The molecule has 164 valence electrons. The number of carbonyl (C=O) groups excluding carboxylic acids is 3. The van der Waals surface area contributed by atoms with E-state index in [4.69, 9.17) is 9.47 Å². The highest BCUT2D eigenvalue weighted by Gasteiger charge is 2.20. The van der Waals surface area contributed by atoms with Crippen molar-refractivity contribution in [2.24, 2.45) is 5.92 Å². The second-order valence-corrected chi connectivity index (χ2v) is 7.52. The first-order valence-electron chi connectivity index (χ1n) is 10.7. The Morgan fingerprint density at radius 1 is 1.00 bits per heavy atom. The lowest BCUT2D eigenvalue weighted by atomic mass is 9.88. The van der Waals surface area contributed by atoms with Gasteiger partial charge in [-0.05, 0) is 61.7 Å². The molecule has 2 aromatic rings. The Morgan fingerprint density at radius 3 is 2.45 bits per heavy atom. The SMILES string of the molecule is CCOC(=O)Oc1ccc(C(=O)Nc2cccc(CNC(=O)C3CCCCC3)c2)cc1. The lowest BCUT2D eigenvalue weighted by molar-refractivity contribution is -0.126. The van der Waals surface area contributed by atoms with Crippen LogP contribution in [0.3, 0.4) is 0 Å². The Hall–Kier alpha value is -3.35. The van der Waals surface area contributed by atoms with Crippen LogP contribution in [0.2, 0.25) is 0 Å². The van der Waals surface area contributed by atoms with Gasteiger partial charge in [-0.2, -0.15) is 0 Å². The van der Waals surface area contributed by atoms with Gasteiger partial charge in [0, 0.05) is 23.7 Å². The van der Waals surface area contributed by atoms with Crippen molar-refractivity contribution in [3.63, 3.8) is 0 Å². The molecule has 0 unspecified atom stereocenters. The highest BCUT2D eigenvalue weighted by atomic mass is 16.7. The largest absolute Gasteiger partial charge is 0.513 e. The molecule has 2 N–H and O–H groups in total. The Balaban J connectivity index is 1.53. The van der Waals surface area contributed by atoms with Crippen molar-refractivity contribution in [2.45, 2.75) is 45.6 Å². The van der Waals surface area contributed by atoms with Crippen LogP contribution in [-0.2, 0) is 16.1 Å². The van der Waals surface area contributed by atoms with Gasteiger partial charge in [-0.25, -0.2) is 4.79 Å². The van der Waals surface area contributed by atoms with Crippen LogP contribution < -0.4 is 15.4 Å². The maximum Gasteiger partial charge on any atom is 0.513 e. The van der Waals surface area contributed by atoms with E-state index in [0.717, 1.165) is 31.2 Å². The standard InChI is InChI=1S/C24H28N2O5/c1-2-30-24(29)31-21-13-11-19(12-14-21)23(28)26-20-10-6-7-17(15-20)16-25-22(27)18-8-4-3-5-9-18/h6-7,10-15,18H,2-5,8-9,16H2,1H3,(H,25,27)(H,26,28). The summed E-state index contributed by atoms with van der Waals surface area (Å²) in [5.41, 5.74) is 1.98. The minimum absolute atomic E-state index is 0.110. The summed E-state index contributed by atoms with van der Waals surface area (Å²) in [5.74, 6) is 0.239. The number of carbonyl (C=O) groups is 3. The van der Waals surface area contributed by atoms with E-state index in [9.17, 15) is 14.4 Å². The lowest BCUT2D eigenvalue weighted by Crippen LogP contribution is -2.31. The number of hydrogen-bond acceptors (Lipinski definition) is 5. The second-order valence-electron chi connectivity index (χ2n) is 7.52. The van der Waals surface area contributed by atoms with Crippen molar-refractivity contribution in [3.8, 4) is 5.75 Å². The fraction of sp³-hybridized carbons (Fsp3) is 0.375. The molecule has 31 heavy (non-hydrogen) atoms. The van der Waals surface area contributed by atoms with Crippen molar-refractivity contribution in [3.05, 3.63) is 59.7 Å². The third-order valence-corrected chi connectivity index (χ3v) is 5.21. The molecule has 0 atom stereocenters. The van der Waals surface area contributed by atoms with Crippen LogP contribution in [-0.4, -0.2) is 24.6 Å². The number of amides is 2. The smallest absolute Gasteiger partial charge is 0.434 e. The van der Waals surface area contributed by atoms with Crippen molar-refractivity contribution < 1.29 is 23.9 Å². The number of anilines is 1. The van der Waals surface area contributed by atoms with Gasteiger partial charge in [0.2, 0.25) is 5.91 Å². The first-order chi connectivity index (χ1) is 15.0. The summed E-state index contributed by atoms with van der Waals surface area (Å²) in [4.78, 5) is 36.2. The minimum Gasteiger partial charge on any atom is -0.434 e. The van der Waals surface area contributed by atoms with E-state index in [-0.39, 0.29) is 24.3 Å². The summed E-state index contributed by atoms with van der Waals surface area (Å²) < 4.78 is 9.70. The number of rotatable bonds is 7. The third-order valence-electron chi connectivity index (χ3n) is 5.21. The summed E-state index contributed by atoms with van der Waals surface area (Å²) in [5, 5.41) is 5.85. The third kappa shape index (κ3) is 6.84. The Bertz CT molecular complexity index is 904. The van der Waals surface area contributed by atoms with E-state index < -0.39 is 6.16 Å².